The van der Waals surface area contributed by atoms with Crippen molar-refractivity contribution in [3.05, 3.63) is 48.7 Å². The summed E-state index contributed by atoms with van der Waals surface area (Å²) in [5.74, 6) is -0.290. The molecule has 3 aliphatic rings. The molecule has 3 saturated carbocycles. The second-order valence-electron chi connectivity index (χ2n) is 14.0. The third-order valence-corrected chi connectivity index (χ3v) is 11.9. The molecule has 5 rings (SSSR count). The van der Waals surface area contributed by atoms with Gasteiger partial charge < -0.3 is 9.84 Å². The van der Waals surface area contributed by atoms with Gasteiger partial charge in [0.2, 0.25) is 0 Å². The highest BCUT2D eigenvalue weighted by atomic mass is 16.5. The van der Waals surface area contributed by atoms with Crippen LogP contribution in [0.15, 0.2) is 43.1 Å². The van der Waals surface area contributed by atoms with Gasteiger partial charge in [0.05, 0.1) is 12.3 Å². The Labute approximate surface area is 256 Å². The Balaban J connectivity index is 1.39. The zero-order valence-electron chi connectivity index (χ0n) is 26.9. The lowest BCUT2D eigenvalue weighted by Gasteiger charge is -2.61. The van der Waals surface area contributed by atoms with Gasteiger partial charge in [-0.25, -0.2) is 4.68 Å². The highest BCUT2D eigenvalue weighted by molar-refractivity contribution is 5.85. The van der Waals surface area contributed by atoms with Gasteiger partial charge in [0, 0.05) is 35.3 Å². The van der Waals surface area contributed by atoms with Gasteiger partial charge in [0.1, 0.15) is 24.1 Å². The van der Waals surface area contributed by atoms with E-state index in [9.17, 15) is 14.7 Å². The maximum absolute atomic E-state index is 13.6. The molecule has 0 spiro atoms. The summed E-state index contributed by atoms with van der Waals surface area (Å²) in [6, 6.07) is 8.27. The predicted molar refractivity (Wildman–Crippen MR) is 167 cm³/mol. The van der Waals surface area contributed by atoms with Crippen molar-refractivity contribution in [2.75, 3.05) is 13.1 Å². The van der Waals surface area contributed by atoms with E-state index >= 15 is 0 Å². The van der Waals surface area contributed by atoms with Crippen LogP contribution in [-0.4, -0.2) is 62.1 Å². The normalized spacial score (nSPS) is 35.7. The fourth-order valence-electron chi connectivity index (χ4n) is 8.87. The third-order valence-electron chi connectivity index (χ3n) is 11.9. The van der Waals surface area contributed by atoms with E-state index < -0.39 is 29.0 Å². The van der Waals surface area contributed by atoms with E-state index in [1.54, 1.807) is 6.20 Å². The van der Waals surface area contributed by atoms with E-state index in [4.69, 9.17) is 4.74 Å². The molecule has 0 unspecified atom stereocenters. The zero-order valence-corrected chi connectivity index (χ0v) is 26.9. The van der Waals surface area contributed by atoms with Crippen LogP contribution in [-0.2, 0) is 27.4 Å². The van der Waals surface area contributed by atoms with Crippen molar-refractivity contribution in [3.8, 4) is 11.3 Å². The topological polar surface area (TPSA) is 97.5 Å². The van der Waals surface area contributed by atoms with Gasteiger partial charge in [0.15, 0.2) is 0 Å². The average molecular weight is 591 g/mol. The number of aliphatic hydroxyl groups excluding tert-OH is 1. The molecule has 2 bridgehead atoms. The average Bonchev–Trinajstić information content (AvgIpc) is 3.61. The minimum Gasteiger partial charge on any atom is -0.460 e. The van der Waals surface area contributed by atoms with Gasteiger partial charge >= 0.3 is 5.97 Å². The number of benzene rings is 1. The Morgan fingerprint density at radius 2 is 1.98 bits per heavy atom. The Morgan fingerprint density at radius 1 is 1.23 bits per heavy atom. The maximum atomic E-state index is 13.6. The first-order valence-corrected chi connectivity index (χ1v) is 16.2. The largest absolute Gasteiger partial charge is 0.460 e. The summed E-state index contributed by atoms with van der Waals surface area (Å²) in [5.41, 5.74) is 1.35. The number of ketones is 1. The molecule has 1 aromatic carbocycles. The quantitative estimate of drug-likeness (QED) is 0.296. The second-order valence-corrected chi connectivity index (χ2v) is 14.0. The van der Waals surface area contributed by atoms with E-state index in [-0.39, 0.29) is 35.5 Å². The molecule has 0 aliphatic heterocycles. The second kappa shape index (κ2) is 11.9. The lowest BCUT2D eigenvalue weighted by atomic mass is 9.44. The molecule has 0 saturated heterocycles. The molecular weight excluding hydrogens is 540 g/mol. The Morgan fingerprint density at radius 3 is 2.67 bits per heavy atom. The summed E-state index contributed by atoms with van der Waals surface area (Å²) in [7, 11) is 0. The summed E-state index contributed by atoms with van der Waals surface area (Å²) < 4.78 is 7.91. The number of carbonyl (C=O) groups is 2. The van der Waals surface area contributed by atoms with Crippen LogP contribution in [0.4, 0.5) is 0 Å². The van der Waals surface area contributed by atoms with Crippen LogP contribution >= 0.6 is 0 Å². The first-order valence-electron chi connectivity index (χ1n) is 16.2. The van der Waals surface area contributed by atoms with E-state index in [2.05, 4.69) is 68.5 Å². The molecule has 8 heteroatoms. The smallest absolute Gasteiger partial charge is 0.328 e. The maximum Gasteiger partial charge on any atom is 0.328 e. The number of aromatic nitrogens is 3. The fourth-order valence-corrected chi connectivity index (χ4v) is 8.87. The van der Waals surface area contributed by atoms with Gasteiger partial charge in [0.25, 0.3) is 0 Å². The van der Waals surface area contributed by atoms with Crippen LogP contribution in [0.1, 0.15) is 79.2 Å². The summed E-state index contributed by atoms with van der Waals surface area (Å²) >= 11 is 0. The van der Waals surface area contributed by atoms with Gasteiger partial charge in [-0.05, 0) is 67.7 Å². The number of Topliss-reactive ketones (excluding diaryl/α,β-unsaturated/α-hetero) is 1. The molecule has 1 heterocycles. The van der Waals surface area contributed by atoms with Gasteiger partial charge in [-0.15, -0.1) is 11.7 Å². The molecule has 2 aromatic rings. The van der Waals surface area contributed by atoms with Gasteiger partial charge in [-0.1, -0.05) is 71.0 Å². The van der Waals surface area contributed by atoms with E-state index in [0.717, 1.165) is 44.5 Å². The van der Waals surface area contributed by atoms with Crippen molar-refractivity contribution in [2.24, 2.45) is 34.0 Å². The van der Waals surface area contributed by atoms with Gasteiger partial charge in [-0.2, -0.15) is 0 Å². The number of carbonyl (C=O) groups excluding carboxylic acids is 2. The number of hydrogen-bond donors (Lipinski definition) is 1. The Hall–Kier alpha value is -2.84. The van der Waals surface area contributed by atoms with Crippen LogP contribution in [0.25, 0.3) is 11.3 Å². The summed E-state index contributed by atoms with van der Waals surface area (Å²) in [4.78, 5) is 29.6. The van der Waals surface area contributed by atoms with Crippen LogP contribution in [0.5, 0.6) is 0 Å². The van der Waals surface area contributed by atoms with Crippen molar-refractivity contribution in [1.82, 2.24) is 19.9 Å². The first kappa shape index (κ1) is 31.6. The SMILES string of the molecule is C=C[C@]1(C)C[C@@H](OC(=O)Cn2cc(-c3cccc(CN(CC)CC)c3)nn2)[C@]2(C)[C@H](C)CC[C@]3(CCC(=O)[C@H]32)[C@@H](C)[C@@H]1O. The Bertz CT molecular complexity index is 1350. The van der Waals surface area contributed by atoms with Crippen molar-refractivity contribution in [2.45, 2.75) is 98.9 Å². The van der Waals surface area contributed by atoms with Crippen LogP contribution < -0.4 is 0 Å². The molecule has 8 nitrogen and oxygen atoms in total. The molecule has 3 fully saturated rings. The molecule has 1 aromatic heterocycles. The highest BCUT2D eigenvalue weighted by Gasteiger charge is 2.68. The monoisotopic (exact) mass is 590 g/mol. The van der Waals surface area contributed by atoms with E-state index in [1.807, 2.05) is 25.1 Å². The lowest BCUT2D eigenvalue weighted by molar-refractivity contribution is -0.207. The Kier molecular flexibility index (Phi) is 8.76. The number of aliphatic hydroxyl groups is 1. The molecule has 8 atom stereocenters. The van der Waals surface area contributed by atoms with Gasteiger partial charge in [-0.3, -0.25) is 14.5 Å². The third kappa shape index (κ3) is 5.39. The first-order chi connectivity index (χ1) is 20.4. The predicted octanol–water partition coefficient (Wildman–Crippen LogP) is 5.69. The molecule has 0 amide bonds. The van der Waals surface area contributed by atoms with E-state index in [1.165, 1.54) is 10.2 Å². The minimum absolute atomic E-state index is 0.0606. The zero-order chi connectivity index (χ0) is 31.2. The summed E-state index contributed by atoms with van der Waals surface area (Å²) in [5, 5.41) is 20.3. The van der Waals surface area contributed by atoms with Crippen molar-refractivity contribution in [3.63, 3.8) is 0 Å². The number of nitrogens with zero attached hydrogens (tertiary/aromatic N) is 4. The lowest BCUT2D eigenvalue weighted by Crippen LogP contribution is -2.63. The molecule has 3 aliphatic carbocycles. The standard InChI is InChI=1S/C35H50N4O4/c1-8-33(6)19-29(34(7)23(4)14-16-35(24(5)32(33)42)17-15-28(40)31(34)35)43-30(41)22-39-21-27(36-37-39)26-13-11-12-25(18-26)20-38(9-2)10-3/h8,11-13,18,21,23-24,29,31-32,42H,1,9-10,14-17,19-20,22H2,2-7H3/t23-,24+,29-,31+,32+,33-,34+,35+/m1/s1. The van der Waals surface area contributed by atoms with Crippen LogP contribution in [0, 0.1) is 34.0 Å². The summed E-state index contributed by atoms with van der Waals surface area (Å²) in [6.45, 7) is 19.6. The molecule has 43 heavy (non-hydrogen) atoms. The number of ether oxygens (including phenoxy) is 1. The molecule has 0 radical (unpaired) electrons. The summed E-state index contributed by atoms with van der Waals surface area (Å²) in [6.07, 6.45) is 5.93. The minimum atomic E-state index is -0.687. The molecule has 234 valence electrons. The highest BCUT2D eigenvalue weighted by Crippen LogP contribution is 2.68. The number of hydrogen-bond acceptors (Lipinski definition) is 7. The molecule has 1 N–H and O–H groups in total. The number of rotatable bonds is 9. The fraction of sp³-hybridized carbons (Fsp3) is 0.657. The van der Waals surface area contributed by atoms with Crippen molar-refractivity contribution >= 4 is 11.8 Å². The van der Waals surface area contributed by atoms with Crippen molar-refractivity contribution in [1.29, 1.82) is 0 Å². The van der Waals surface area contributed by atoms with E-state index in [0.29, 0.717) is 18.5 Å². The van der Waals surface area contributed by atoms with Crippen LogP contribution in [0.3, 0.4) is 0 Å². The van der Waals surface area contributed by atoms with Crippen molar-refractivity contribution < 1.29 is 19.4 Å². The number of esters is 1. The molecular formula is C35H50N4O4. The van der Waals surface area contributed by atoms with Crippen LogP contribution in [0.2, 0.25) is 0 Å².